The molecular weight excluding hydrogens is 165 g/mol. The normalized spacial score (nSPS) is 10.5. The maximum absolute atomic E-state index is 10.8. The highest BCUT2D eigenvalue weighted by atomic mass is 16.1. The van der Waals surface area contributed by atoms with Gasteiger partial charge in [-0.1, -0.05) is 5.46 Å². The quantitative estimate of drug-likeness (QED) is 0.565. The van der Waals surface area contributed by atoms with Gasteiger partial charge in [-0.25, -0.2) is 0 Å². The van der Waals surface area contributed by atoms with Crippen LogP contribution in [-0.2, 0) is 0 Å². The van der Waals surface area contributed by atoms with Crippen molar-refractivity contribution in [2.24, 2.45) is 5.73 Å². The van der Waals surface area contributed by atoms with Gasteiger partial charge in [-0.05, 0) is 11.5 Å². The van der Waals surface area contributed by atoms with Crippen LogP contribution in [0, 0.1) is 0 Å². The summed E-state index contributed by atoms with van der Waals surface area (Å²) < 4.78 is 0. The molecule has 2 aromatic heterocycles. The predicted octanol–water partition coefficient (Wildman–Crippen LogP) is -0.544. The number of hydrogen-bond donors (Lipinski definition) is 2. The number of rotatable bonds is 1. The third kappa shape index (κ3) is 1.18. The summed E-state index contributed by atoms with van der Waals surface area (Å²) in [5.74, 6) is -0.504. The van der Waals surface area contributed by atoms with Gasteiger partial charge in [0, 0.05) is 6.20 Å². The molecule has 0 fully saturated rings. The lowest BCUT2D eigenvalue weighted by atomic mass is 9.95. The lowest BCUT2D eigenvalue weighted by Gasteiger charge is -1.91. The Hall–Kier alpha value is -1.78. The number of carbonyl (C=O) groups is 1. The lowest BCUT2D eigenvalue weighted by Crippen LogP contribution is -2.10. The smallest absolute Gasteiger partial charge is 0.265 e. The highest BCUT2D eigenvalue weighted by Crippen LogP contribution is 2.10. The molecule has 0 unspecified atom stereocenters. The number of nitrogens with two attached hydrogens (primary N) is 1. The zero-order valence-corrected chi connectivity index (χ0v) is 6.74. The van der Waals surface area contributed by atoms with E-state index in [1.54, 1.807) is 12.3 Å². The number of nitrogens with one attached hydrogen (secondary N) is 1. The van der Waals surface area contributed by atoms with Gasteiger partial charge in [0.1, 0.15) is 13.5 Å². The molecule has 62 valence electrons. The summed E-state index contributed by atoms with van der Waals surface area (Å²) in [6, 6.07) is 1.62. The number of aromatic amines is 1. The van der Waals surface area contributed by atoms with Crippen molar-refractivity contribution in [1.29, 1.82) is 0 Å². The molecule has 0 saturated heterocycles. The van der Waals surface area contributed by atoms with E-state index in [-0.39, 0.29) is 0 Å². The number of pyridine rings is 1. The average Bonchev–Trinajstić information content (AvgIpc) is 2.49. The molecular formula is C8H6BN3O. The zero-order chi connectivity index (χ0) is 9.42. The molecule has 0 saturated carbocycles. The molecule has 13 heavy (non-hydrogen) atoms. The van der Waals surface area contributed by atoms with Gasteiger partial charge in [-0.3, -0.25) is 9.78 Å². The summed E-state index contributed by atoms with van der Waals surface area (Å²) in [6.07, 6.45) is 3.12. The fraction of sp³-hybridized carbons (Fsp3) is 0. The summed E-state index contributed by atoms with van der Waals surface area (Å²) >= 11 is 0. The van der Waals surface area contributed by atoms with Crippen molar-refractivity contribution in [3.8, 4) is 0 Å². The molecule has 2 aromatic rings. The molecule has 0 aliphatic heterocycles. The molecule has 0 atom stereocenters. The summed E-state index contributed by atoms with van der Waals surface area (Å²) in [5.41, 5.74) is 6.68. The highest BCUT2D eigenvalue weighted by molar-refractivity contribution is 6.38. The largest absolute Gasteiger partial charge is 0.364 e. The molecule has 4 nitrogen and oxygen atoms in total. The summed E-state index contributed by atoms with van der Waals surface area (Å²) in [5, 5.41) is 0.767. The van der Waals surface area contributed by atoms with E-state index in [1.165, 1.54) is 6.20 Å². The first-order valence-electron chi connectivity index (χ1n) is 3.70. The van der Waals surface area contributed by atoms with Crippen molar-refractivity contribution in [2.45, 2.75) is 0 Å². The number of nitrogens with zero attached hydrogens (tertiary/aromatic N) is 1. The van der Waals surface area contributed by atoms with Crippen molar-refractivity contribution >= 4 is 30.1 Å². The van der Waals surface area contributed by atoms with Gasteiger partial charge in [-0.2, -0.15) is 0 Å². The highest BCUT2D eigenvalue weighted by Gasteiger charge is 2.06. The van der Waals surface area contributed by atoms with E-state index in [0.29, 0.717) is 16.7 Å². The number of H-pyrrole nitrogens is 1. The van der Waals surface area contributed by atoms with Crippen molar-refractivity contribution < 1.29 is 4.79 Å². The van der Waals surface area contributed by atoms with Crippen molar-refractivity contribution in [3.63, 3.8) is 0 Å². The maximum atomic E-state index is 10.8. The summed E-state index contributed by atoms with van der Waals surface area (Å²) in [7, 11) is 5.64. The van der Waals surface area contributed by atoms with E-state index in [0.717, 1.165) is 5.39 Å². The van der Waals surface area contributed by atoms with Gasteiger partial charge in [0.15, 0.2) is 0 Å². The molecule has 2 radical (unpaired) electrons. The van der Waals surface area contributed by atoms with Gasteiger partial charge >= 0.3 is 0 Å². The Labute approximate surface area is 75.6 Å². The Morgan fingerprint density at radius 1 is 1.54 bits per heavy atom. The van der Waals surface area contributed by atoms with Gasteiger partial charge in [-0.15, -0.1) is 0 Å². The van der Waals surface area contributed by atoms with E-state index < -0.39 is 5.91 Å². The first kappa shape index (κ1) is 7.85. The number of amides is 1. The number of hydrogen-bond acceptors (Lipinski definition) is 2. The Morgan fingerprint density at radius 3 is 2.92 bits per heavy atom. The van der Waals surface area contributed by atoms with Crippen LogP contribution in [0.15, 0.2) is 18.5 Å². The first-order valence-corrected chi connectivity index (χ1v) is 3.70. The Morgan fingerprint density at radius 2 is 2.31 bits per heavy atom. The van der Waals surface area contributed by atoms with Gasteiger partial charge in [0.05, 0.1) is 11.7 Å². The number of fused-ring (bicyclic) bond motifs is 1. The lowest BCUT2D eigenvalue weighted by molar-refractivity contribution is 0.0996. The molecule has 3 N–H and O–H groups in total. The molecule has 2 heterocycles. The van der Waals surface area contributed by atoms with Gasteiger partial charge < -0.3 is 10.7 Å². The molecule has 0 aliphatic rings. The second kappa shape index (κ2) is 2.62. The molecule has 2 rings (SSSR count). The van der Waals surface area contributed by atoms with Crippen LogP contribution < -0.4 is 11.2 Å². The first-order chi connectivity index (χ1) is 6.18. The van der Waals surface area contributed by atoms with E-state index in [4.69, 9.17) is 13.6 Å². The SMILES string of the molecule is [B]c1cncc2[nH]c(C(N)=O)cc12. The third-order valence-electron chi connectivity index (χ3n) is 1.84. The molecule has 1 amide bonds. The Bertz CT molecular complexity index is 477. The van der Waals surface area contributed by atoms with Crippen LogP contribution in [-0.4, -0.2) is 23.7 Å². The monoisotopic (exact) mass is 171 g/mol. The Balaban J connectivity index is 2.75. The minimum atomic E-state index is -0.504. The minimum Gasteiger partial charge on any atom is -0.364 e. The van der Waals surface area contributed by atoms with Crippen molar-refractivity contribution in [2.75, 3.05) is 0 Å². The molecule has 0 aromatic carbocycles. The van der Waals surface area contributed by atoms with Crippen molar-refractivity contribution in [3.05, 3.63) is 24.2 Å². The predicted molar refractivity (Wildman–Crippen MR) is 50.0 cm³/mol. The second-order valence-corrected chi connectivity index (χ2v) is 2.74. The number of carbonyl (C=O) groups excluding carboxylic acids is 1. The van der Waals surface area contributed by atoms with Crippen molar-refractivity contribution in [1.82, 2.24) is 9.97 Å². The fourth-order valence-electron chi connectivity index (χ4n) is 1.21. The molecule has 5 heteroatoms. The van der Waals surface area contributed by atoms with Gasteiger partial charge in [0.2, 0.25) is 0 Å². The van der Waals surface area contributed by atoms with E-state index >= 15 is 0 Å². The van der Waals surface area contributed by atoms with Crippen LogP contribution in [0.4, 0.5) is 0 Å². The molecule has 0 bridgehead atoms. The van der Waals surface area contributed by atoms with Crippen LogP contribution in [0.2, 0.25) is 0 Å². The van der Waals surface area contributed by atoms with Crippen LogP contribution in [0.25, 0.3) is 10.9 Å². The third-order valence-corrected chi connectivity index (χ3v) is 1.84. The van der Waals surface area contributed by atoms with E-state index in [2.05, 4.69) is 9.97 Å². The van der Waals surface area contributed by atoms with E-state index in [1.807, 2.05) is 0 Å². The van der Waals surface area contributed by atoms with Crippen LogP contribution in [0.5, 0.6) is 0 Å². The molecule has 0 aliphatic carbocycles. The maximum Gasteiger partial charge on any atom is 0.265 e. The fourth-order valence-corrected chi connectivity index (χ4v) is 1.21. The zero-order valence-electron chi connectivity index (χ0n) is 6.74. The topological polar surface area (TPSA) is 71.8 Å². The summed E-state index contributed by atoms with van der Waals surface area (Å²) in [4.78, 5) is 17.5. The van der Waals surface area contributed by atoms with Gasteiger partial charge in [0.25, 0.3) is 5.91 Å². The number of aromatic nitrogens is 2. The average molecular weight is 171 g/mol. The minimum absolute atomic E-state index is 0.342. The van der Waals surface area contributed by atoms with E-state index in [9.17, 15) is 4.79 Å². The Kier molecular flexibility index (Phi) is 1.58. The van der Waals surface area contributed by atoms with Crippen LogP contribution in [0.1, 0.15) is 10.5 Å². The summed E-state index contributed by atoms with van der Waals surface area (Å²) in [6.45, 7) is 0. The second-order valence-electron chi connectivity index (χ2n) is 2.74. The standard InChI is InChI=1S/C8H6BN3O/c9-5-2-11-3-7-4(5)1-6(12-7)8(10)13/h1-3,12H,(H2,10,13). The van der Waals surface area contributed by atoms with Crippen LogP contribution >= 0.6 is 0 Å². The van der Waals surface area contributed by atoms with Crippen LogP contribution in [0.3, 0.4) is 0 Å². The molecule has 0 spiro atoms. The number of primary amides is 1.